The minimum absolute atomic E-state index is 0.0849. The van der Waals surface area contributed by atoms with Gasteiger partial charge in [-0.2, -0.15) is 0 Å². The summed E-state index contributed by atoms with van der Waals surface area (Å²) in [5.41, 5.74) is 1.28. The molecule has 5 heteroatoms. The molecule has 0 bridgehead atoms. The molecule has 0 aliphatic rings. The van der Waals surface area contributed by atoms with Gasteiger partial charge in [-0.25, -0.2) is 4.98 Å². The highest BCUT2D eigenvalue weighted by Crippen LogP contribution is 2.14. The van der Waals surface area contributed by atoms with Gasteiger partial charge in [0.1, 0.15) is 5.01 Å². The van der Waals surface area contributed by atoms with Gasteiger partial charge < -0.3 is 9.32 Å². The lowest BCUT2D eigenvalue weighted by molar-refractivity contribution is 0.0709. The van der Waals surface area contributed by atoms with Gasteiger partial charge in [-0.1, -0.05) is 30.3 Å². The SMILES string of the molecule is O=C(c1ccco1)N(CCCc1ccccc1)Cc1nccs1. The Balaban J connectivity index is 1.64. The van der Waals surface area contributed by atoms with Crippen molar-refractivity contribution in [3.8, 4) is 0 Å². The molecule has 0 N–H and O–H groups in total. The molecule has 2 aromatic heterocycles. The van der Waals surface area contributed by atoms with Crippen LogP contribution in [0.3, 0.4) is 0 Å². The topological polar surface area (TPSA) is 46.3 Å². The Morgan fingerprint density at radius 1 is 1.17 bits per heavy atom. The van der Waals surface area contributed by atoms with Crippen LogP contribution in [0.25, 0.3) is 0 Å². The average molecular weight is 326 g/mol. The second-order valence-corrected chi connectivity index (χ2v) is 6.20. The zero-order chi connectivity index (χ0) is 15.9. The molecule has 3 rings (SSSR count). The molecule has 4 nitrogen and oxygen atoms in total. The molecule has 2 heterocycles. The monoisotopic (exact) mass is 326 g/mol. The first kappa shape index (κ1) is 15.5. The number of hydrogen-bond donors (Lipinski definition) is 0. The van der Waals surface area contributed by atoms with E-state index in [1.807, 2.05) is 23.6 Å². The standard InChI is InChI=1S/C18H18N2O2S/c21-18(16-9-5-12-22-16)20(14-17-19-10-13-23-17)11-4-8-15-6-2-1-3-7-15/h1-3,5-7,9-10,12-13H,4,8,11,14H2. The fraction of sp³-hybridized carbons (Fsp3) is 0.222. The number of benzene rings is 1. The largest absolute Gasteiger partial charge is 0.459 e. The lowest BCUT2D eigenvalue weighted by Crippen LogP contribution is -2.31. The zero-order valence-corrected chi connectivity index (χ0v) is 13.5. The van der Waals surface area contributed by atoms with E-state index in [2.05, 4.69) is 17.1 Å². The molecule has 23 heavy (non-hydrogen) atoms. The quantitative estimate of drug-likeness (QED) is 0.659. The van der Waals surface area contributed by atoms with Gasteiger partial charge in [0.15, 0.2) is 5.76 Å². The number of thiazole rings is 1. The van der Waals surface area contributed by atoms with Crippen molar-refractivity contribution in [3.05, 3.63) is 76.6 Å². The molecule has 0 fully saturated rings. The molecule has 0 radical (unpaired) electrons. The summed E-state index contributed by atoms with van der Waals surface area (Å²) in [6.45, 7) is 1.19. The van der Waals surface area contributed by atoms with Crippen LogP contribution in [0, 0.1) is 0 Å². The molecular weight excluding hydrogens is 308 g/mol. The number of carbonyl (C=O) groups excluding carboxylic acids is 1. The minimum atomic E-state index is -0.0849. The second-order valence-electron chi connectivity index (χ2n) is 5.22. The van der Waals surface area contributed by atoms with Crippen LogP contribution in [-0.2, 0) is 13.0 Å². The van der Waals surface area contributed by atoms with Crippen molar-refractivity contribution < 1.29 is 9.21 Å². The van der Waals surface area contributed by atoms with Gasteiger partial charge >= 0.3 is 0 Å². The van der Waals surface area contributed by atoms with E-state index in [1.54, 1.807) is 34.6 Å². The summed E-state index contributed by atoms with van der Waals surface area (Å²) in [6.07, 6.45) is 5.14. The van der Waals surface area contributed by atoms with Crippen LogP contribution in [0.15, 0.2) is 64.7 Å². The first-order valence-corrected chi connectivity index (χ1v) is 8.46. The van der Waals surface area contributed by atoms with Crippen LogP contribution in [0.5, 0.6) is 0 Å². The van der Waals surface area contributed by atoms with E-state index in [0.29, 0.717) is 18.8 Å². The Labute approximate surface area is 139 Å². The van der Waals surface area contributed by atoms with Crippen LogP contribution < -0.4 is 0 Å². The number of amides is 1. The summed E-state index contributed by atoms with van der Waals surface area (Å²) in [6, 6.07) is 13.7. The molecule has 1 amide bonds. The number of aryl methyl sites for hydroxylation is 1. The predicted octanol–water partition coefficient (Wildman–Crippen LogP) is 4.01. The predicted molar refractivity (Wildman–Crippen MR) is 90.3 cm³/mol. The van der Waals surface area contributed by atoms with E-state index in [0.717, 1.165) is 17.8 Å². The third-order valence-corrected chi connectivity index (χ3v) is 4.33. The molecule has 0 aliphatic carbocycles. The summed E-state index contributed by atoms with van der Waals surface area (Å²) in [4.78, 5) is 18.7. The number of rotatable bonds is 7. The Morgan fingerprint density at radius 2 is 2.04 bits per heavy atom. The lowest BCUT2D eigenvalue weighted by atomic mass is 10.1. The molecular formula is C18H18N2O2S. The third kappa shape index (κ3) is 4.29. The second kappa shape index (κ2) is 7.74. The van der Waals surface area contributed by atoms with Crippen molar-refractivity contribution in [1.29, 1.82) is 0 Å². The number of carbonyl (C=O) groups is 1. The van der Waals surface area contributed by atoms with Gasteiger partial charge in [0.25, 0.3) is 5.91 Å². The van der Waals surface area contributed by atoms with Crippen LogP contribution >= 0.6 is 11.3 Å². The highest BCUT2D eigenvalue weighted by molar-refractivity contribution is 7.09. The first-order valence-electron chi connectivity index (χ1n) is 7.58. The Morgan fingerprint density at radius 3 is 2.74 bits per heavy atom. The number of aromatic nitrogens is 1. The van der Waals surface area contributed by atoms with E-state index >= 15 is 0 Å². The normalized spacial score (nSPS) is 10.6. The average Bonchev–Trinajstić information content (AvgIpc) is 3.28. The lowest BCUT2D eigenvalue weighted by Gasteiger charge is -2.20. The summed E-state index contributed by atoms with van der Waals surface area (Å²) in [5.74, 6) is 0.291. The maximum atomic E-state index is 12.6. The van der Waals surface area contributed by atoms with E-state index in [-0.39, 0.29) is 5.91 Å². The molecule has 0 unspecified atom stereocenters. The summed E-state index contributed by atoms with van der Waals surface area (Å²) < 4.78 is 5.25. The molecule has 0 saturated heterocycles. The zero-order valence-electron chi connectivity index (χ0n) is 12.7. The highest BCUT2D eigenvalue weighted by Gasteiger charge is 2.19. The molecule has 1 aromatic carbocycles. The summed E-state index contributed by atoms with van der Waals surface area (Å²) >= 11 is 1.56. The molecule has 0 spiro atoms. The Kier molecular flexibility index (Phi) is 5.21. The number of furan rings is 1. The molecule has 118 valence electrons. The van der Waals surface area contributed by atoms with Crippen LogP contribution in [0.4, 0.5) is 0 Å². The first-order chi connectivity index (χ1) is 11.3. The van der Waals surface area contributed by atoms with Gasteiger partial charge in [-0.3, -0.25) is 4.79 Å². The highest BCUT2D eigenvalue weighted by atomic mass is 32.1. The van der Waals surface area contributed by atoms with E-state index in [1.165, 1.54) is 11.8 Å². The molecule has 3 aromatic rings. The van der Waals surface area contributed by atoms with Crippen molar-refractivity contribution in [1.82, 2.24) is 9.88 Å². The van der Waals surface area contributed by atoms with Gasteiger partial charge in [0.2, 0.25) is 0 Å². The fourth-order valence-electron chi connectivity index (χ4n) is 2.42. The van der Waals surface area contributed by atoms with Crippen molar-refractivity contribution >= 4 is 17.2 Å². The molecule has 0 saturated carbocycles. The van der Waals surface area contributed by atoms with E-state index in [4.69, 9.17) is 4.42 Å². The van der Waals surface area contributed by atoms with Crippen LogP contribution in [-0.4, -0.2) is 22.3 Å². The van der Waals surface area contributed by atoms with Crippen molar-refractivity contribution in [2.75, 3.05) is 6.54 Å². The number of hydrogen-bond acceptors (Lipinski definition) is 4. The van der Waals surface area contributed by atoms with Crippen molar-refractivity contribution in [3.63, 3.8) is 0 Å². The van der Waals surface area contributed by atoms with Crippen LogP contribution in [0.1, 0.15) is 27.5 Å². The number of nitrogens with zero attached hydrogens (tertiary/aromatic N) is 2. The van der Waals surface area contributed by atoms with Gasteiger partial charge in [0.05, 0.1) is 12.8 Å². The maximum absolute atomic E-state index is 12.6. The molecule has 0 aliphatic heterocycles. The fourth-order valence-corrected chi connectivity index (χ4v) is 3.05. The van der Waals surface area contributed by atoms with E-state index in [9.17, 15) is 4.79 Å². The van der Waals surface area contributed by atoms with Gasteiger partial charge in [-0.15, -0.1) is 11.3 Å². The molecule has 0 atom stereocenters. The Hall–Kier alpha value is -2.40. The van der Waals surface area contributed by atoms with Gasteiger partial charge in [0, 0.05) is 18.1 Å². The van der Waals surface area contributed by atoms with Crippen molar-refractivity contribution in [2.45, 2.75) is 19.4 Å². The third-order valence-electron chi connectivity index (χ3n) is 3.57. The minimum Gasteiger partial charge on any atom is -0.459 e. The van der Waals surface area contributed by atoms with Crippen molar-refractivity contribution in [2.24, 2.45) is 0 Å². The van der Waals surface area contributed by atoms with E-state index < -0.39 is 0 Å². The van der Waals surface area contributed by atoms with Crippen LogP contribution in [0.2, 0.25) is 0 Å². The maximum Gasteiger partial charge on any atom is 0.289 e. The Bertz CT molecular complexity index is 709. The van der Waals surface area contributed by atoms with Gasteiger partial charge in [-0.05, 0) is 30.5 Å². The summed E-state index contributed by atoms with van der Waals surface area (Å²) in [7, 11) is 0. The summed E-state index contributed by atoms with van der Waals surface area (Å²) in [5, 5.41) is 2.86. The smallest absolute Gasteiger partial charge is 0.289 e.